The highest BCUT2D eigenvalue weighted by Gasteiger charge is 2.45. The Balaban J connectivity index is 1.98. The van der Waals surface area contributed by atoms with Crippen molar-refractivity contribution in [3.05, 3.63) is 53.3 Å². The van der Waals surface area contributed by atoms with Gasteiger partial charge < -0.3 is 9.64 Å². The van der Waals surface area contributed by atoms with E-state index in [0.717, 1.165) is 22.6 Å². The topological polar surface area (TPSA) is 42.4 Å². The largest absolute Gasteiger partial charge is 0.455 e. The minimum atomic E-state index is -0.241. The zero-order chi connectivity index (χ0) is 14.6. The van der Waals surface area contributed by atoms with Crippen LogP contribution in [0.1, 0.15) is 28.7 Å². The van der Waals surface area contributed by atoms with Crippen molar-refractivity contribution in [1.29, 1.82) is 0 Å². The highest BCUT2D eigenvalue weighted by molar-refractivity contribution is 5.88. The van der Waals surface area contributed by atoms with E-state index in [0.29, 0.717) is 12.3 Å². The molecule has 2 atom stereocenters. The molecule has 3 heterocycles. The zero-order valence-electron chi connectivity index (χ0n) is 12.0. The number of benzene rings is 1. The van der Waals surface area contributed by atoms with Crippen molar-refractivity contribution in [2.24, 2.45) is 0 Å². The van der Waals surface area contributed by atoms with Gasteiger partial charge in [-0.1, -0.05) is 12.1 Å². The molecular formula is C17H16N2O2. The lowest BCUT2D eigenvalue weighted by Gasteiger charge is -2.15. The number of ether oxygens (including phenoxy) is 1. The van der Waals surface area contributed by atoms with E-state index in [1.54, 1.807) is 11.1 Å². The van der Waals surface area contributed by atoms with Crippen LogP contribution in [-0.2, 0) is 4.79 Å². The van der Waals surface area contributed by atoms with Gasteiger partial charge in [-0.25, -0.2) is 0 Å². The molecule has 1 saturated heterocycles. The number of carbonyl (C=O) groups excluding carboxylic acids is 1. The second kappa shape index (κ2) is 4.32. The number of likely N-dealkylation sites (N-methyl/N-ethyl adjacent to an activating group) is 1. The van der Waals surface area contributed by atoms with E-state index in [2.05, 4.69) is 17.1 Å². The molecule has 2 aliphatic rings. The van der Waals surface area contributed by atoms with Gasteiger partial charge in [-0.3, -0.25) is 9.78 Å². The highest BCUT2D eigenvalue weighted by Crippen LogP contribution is 2.49. The highest BCUT2D eigenvalue weighted by atomic mass is 16.5. The molecule has 2 aromatic rings. The lowest BCUT2D eigenvalue weighted by atomic mass is 9.86. The Morgan fingerprint density at radius 2 is 2.14 bits per heavy atom. The molecule has 0 bridgehead atoms. The fourth-order valence-corrected chi connectivity index (χ4v) is 3.36. The molecule has 2 unspecified atom stereocenters. The van der Waals surface area contributed by atoms with Crippen molar-refractivity contribution in [3.63, 3.8) is 0 Å². The molecule has 106 valence electrons. The van der Waals surface area contributed by atoms with Crippen molar-refractivity contribution < 1.29 is 9.53 Å². The van der Waals surface area contributed by atoms with E-state index in [9.17, 15) is 4.79 Å². The number of hydrogen-bond donors (Lipinski definition) is 0. The number of carbonyl (C=O) groups is 1. The lowest BCUT2D eigenvalue weighted by Crippen LogP contribution is -2.22. The first-order valence-electron chi connectivity index (χ1n) is 7.13. The molecule has 0 saturated carbocycles. The van der Waals surface area contributed by atoms with Crippen molar-refractivity contribution in [2.75, 3.05) is 13.6 Å². The average Bonchev–Trinajstić information content (AvgIpc) is 2.68. The molecule has 0 radical (unpaired) electrons. The summed E-state index contributed by atoms with van der Waals surface area (Å²) in [6.07, 6.45) is 1.73. The Hall–Kier alpha value is -2.36. The third-order valence-corrected chi connectivity index (χ3v) is 4.40. The summed E-state index contributed by atoms with van der Waals surface area (Å²) in [6, 6.07) is 9.93. The fourth-order valence-electron chi connectivity index (χ4n) is 3.36. The third kappa shape index (κ3) is 1.75. The summed E-state index contributed by atoms with van der Waals surface area (Å²) in [4.78, 5) is 18.8. The van der Waals surface area contributed by atoms with Crippen LogP contribution in [0, 0.1) is 6.92 Å². The Morgan fingerprint density at radius 1 is 1.29 bits per heavy atom. The van der Waals surface area contributed by atoms with Crippen LogP contribution < -0.4 is 4.74 Å². The number of fused-ring (bicyclic) bond motifs is 5. The van der Waals surface area contributed by atoms with Gasteiger partial charge in [0.05, 0.1) is 11.6 Å². The van der Waals surface area contributed by atoms with Crippen LogP contribution in [-0.4, -0.2) is 29.4 Å². The average molecular weight is 280 g/mol. The van der Waals surface area contributed by atoms with Crippen molar-refractivity contribution in [3.8, 4) is 11.5 Å². The van der Waals surface area contributed by atoms with E-state index >= 15 is 0 Å². The van der Waals surface area contributed by atoms with Gasteiger partial charge in [0, 0.05) is 31.3 Å². The smallest absolute Gasteiger partial charge is 0.232 e. The number of aromatic nitrogens is 1. The van der Waals surface area contributed by atoms with Crippen molar-refractivity contribution in [2.45, 2.75) is 18.8 Å². The Bertz CT molecular complexity index is 741. The summed E-state index contributed by atoms with van der Waals surface area (Å²) in [6.45, 7) is 2.75. The number of likely N-dealkylation sites (tertiary alicyclic amines) is 1. The van der Waals surface area contributed by atoms with Crippen LogP contribution in [0.15, 0.2) is 36.5 Å². The summed E-state index contributed by atoms with van der Waals surface area (Å²) >= 11 is 0. The molecule has 0 spiro atoms. The first-order valence-corrected chi connectivity index (χ1v) is 7.13. The predicted octanol–water partition coefficient (Wildman–Crippen LogP) is 2.84. The van der Waals surface area contributed by atoms with E-state index in [1.165, 1.54) is 0 Å². The van der Waals surface area contributed by atoms with Crippen LogP contribution in [0.5, 0.6) is 11.5 Å². The molecule has 21 heavy (non-hydrogen) atoms. The molecule has 0 aliphatic carbocycles. The van der Waals surface area contributed by atoms with E-state index < -0.39 is 0 Å². The summed E-state index contributed by atoms with van der Waals surface area (Å²) in [7, 11) is 1.86. The van der Waals surface area contributed by atoms with Crippen molar-refractivity contribution in [1.82, 2.24) is 9.88 Å². The van der Waals surface area contributed by atoms with Crippen LogP contribution in [0.3, 0.4) is 0 Å². The predicted molar refractivity (Wildman–Crippen MR) is 78.6 cm³/mol. The number of pyridine rings is 1. The third-order valence-electron chi connectivity index (χ3n) is 4.40. The lowest BCUT2D eigenvalue weighted by molar-refractivity contribution is -0.127. The van der Waals surface area contributed by atoms with Crippen LogP contribution in [0.25, 0.3) is 0 Å². The Labute approximate surface area is 123 Å². The van der Waals surface area contributed by atoms with Gasteiger partial charge in [-0.2, -0.15) is 0 Å². The van der Waals surface area contributed by atoms with Gasteiger partial charge in [0.1, 0.15) is 11.5 Å². The maximum atomic E-state index is 12.6. The van der Waals surface area contributed by atoms with E-state index in [1.807, 2.05) is 32.2 Å². The van der Waals surface area contributed by atoms with E-state index in [4.69, 9.17) is 4.74 Å². The standard InChI is InChI=1S/C17H16N2O2/c1-10-5-6-11-12-9-19(2)17(20)15(12)16-13(4-3-7-18-16)21-14(11)8-10/h3-8,12,15H,9H2,1-2H3. The first-order chi connectivity index (χ1) is 10.1. The quantitative estimate of drug-likeness (QED) is 0.745. The van der Waals surface area contributed by atoms with Crippen LogP contribution >= 0.6 is 0 Å². The second-order valence-corrected chi connectivity index (χ2v) is 5.83. The molecule has 2 aliphatic heterocycles. The molecular weight excluding hydrogens is 264 g/mol. The van der Waals surface area contributed by atoms with Gasteiger partial charge in [-0.05, 0) is 30.7 Å². The number of amides is 1. The van der Waals surface area contributed by atoms with Gasteiger partial charge >= 0.3 is 0 Å². The Kier molecular flexibility index (Phi) is 2.55. The van der Waals surface area contributed by atoms with E-state index in [-0.39, 0.29) is 17.7 Å². The monoisotopic (exact) mass is 280 g/mol. The van der Waals surface area contributed by atoms with Gasteiger partial charge in [0.15, 0.2) is 0 Å². The summed E-state index contributed by atoms with van der Waals surface area (Å²) in [5, 5.41) is 0. The number of hydrogen-bond acceptors (Lipinski definition) is 3. The summed E-state index contributed by atoms with van der Waals surface area (Å²) in [5.41, 5.74) is 3.00. The van der Waals surface area contributed by atoms with Crippen molar-refractivity contribution >= 4 is 5.91 Å². The maximum absolute atomic E-state index is 12.6. The number of nitrogens with zero attached hydrogens (tertiary/aromatic N) is 2. The van der Waals surface area contributed by atoms with Crippen LogP contribution in [0.2, 0.25) is 0 Å². The SMILES string of the molecule is Cc1ccc2c(c1)Oc1cccnc1C1C(=O)N(C)CC21. The second-order valence-electron chi connectivity index (χ2n) is 5.83. The zero-order valence-corrected chi connectivity index (χ0v) is 12.0. The summed E-state index contributed by atoms with van der Waals surface area (Å²) < 4.78 is 6.07. The molecule has 1 fully saturated rings. The first kappa shape index (κ1) is 12.4. The molecule has 1 aromatic carbocycles. The molecule has 4 nitrogen and oxygen atoms in total. The maximum Gasteiger partial charge on any atom is 0.232 e. The molecule has 1 amide bonds. The van der Waals surface area contributed by atoms with Gasteiger partial charge in [0.25, 0.3) is 0 Å². The van der Waals surface area contributed by atoms with Gasteiger partial charge in [0.2, 0.25) is 5.91 Å². The minimum absolute atomic E-state index is 0.106. The molecule has 1 aromatic heterocycles. The fraction of sp³-hybridized carbons (Fsp3) is 0.294. The molecule has 4 rings (SSSR count). The molecule has 0 N–H and O–H groups in total. The van der Waals surface area contributed by atoms with Crippen LogP contribution in [0.4, 0.5) is 0 Å². The number of rotatable bonds is 0. The normalized spacial score (nSPS) is 23.0. The Morgan fingerprint density at radius 3 is 3.00 bits per heavy atom. The molecule has 4 heteroatoms. The van der Waals surface area contributed by atoms with Gasteiger partial charge in [-0.15, -0.1) is 0 Å². The summed E-state index contributed by atoms with van der Waals surface area (Å²) in [5.74, 6) is 1.53. The number of aryl methyl sites for hydroxylation is 1. The minimum Gasteiger partial charge on any atom is -0.455 e.